The molecule has 126 valence electrons. The van der Waals surface area contributed by atoms with Crippen molar-refractivity contribution in [3.8, 4) is 39.3 Å². The lowest BCUT2D eigenvalue weighted by Gasteiger charge is -2.11. The lowest BCUT2D eigenvalue weighted by atomic mass is 10.0. The zero-order valence-electron chi connectivity index (χ0n) is 14.0. The third kappa shape index (κ3) is 3.14. The highest BCUT2D eigenvalue weighted by atomic mass is 32.1. The van der Waals surface area contributed by atoms with Gasteiger partial charge in [-0.25, -0.2) is 0 Å². The molecule has 0 aliphatic heterocycles. The molecule has 0 spiro atoms. The van der Waals surface area contributed by atoms with Gasteiger partial charge in [-0.2, -0.15) is 5.26 Å². The van der Waals surface area contributed by atoms with Gasteiger partial charge >= 0.3 is 0 Å². The molecule has 0 saturated carbocycles. The monoisotopic (exact) mass is 352 g/mol. The van der Waals surface area contributed by atoms with Crippen molar-refractivity contribution in [2.75, 3.05) is 14.2 Å². The molecule has 0 bridgehead atoms. The van der Waals surface area contributed by atoms with Gasteiger partial charge in [0.1, 0.15) is 11.6 Å². The second-order valence-electron chi connectivity index (χ2n) is 5.39. The molecule has 1 N–H and O–H groups in total. The molecule has 0 saturated heterocycles. The first-order valence-corrected chi connectivity index (χ1v) is 8.35. The third-order valence-corrected chi connectivity index (χ3v) is 4.88. The van der Waals surface area contributed by atoms with Crippen molar-refractivity contribution in [2.24, 2.45) is 0 Å². The van der Waals surface area contributed by atoms with Gasteiger partial charge < -0.3 is 14.5 Å². The van der Waals surface area contributed by atoms with Gasteiger partial charge in [0.05, 0.1) is 14.2 Å². The number of hydrogen-bond donors (Lipinski definition) is 1. The number of methoxy groups -OCH3 is 2. The molecule has 0 unspecified atom stereocenters. The van der Waals surface area contributed by atoms with E-state index in [2.05, 4.69) is 4.98 Å². The van der Waals surface area contributed by atoms with Gasteiger partial charge in [-0.15, -0.1) is 11.3 Å². The Labute approximate surface area is 149 Å². The van der Waals surface area contributed by atoms with Crippen molar-refractivity contribution in [3.63, 3.8) is 0 Å². The second-order valence-corrected chi connectivity index (χ2v) is 6.68. The summed E-state index contributed by atoms with van der Waals surface area (Å²) in [5.74, 6) is 1.18. The summed E-state index contributed by atoms with van der Waals surface area (Å²) >= 11 is 1.55. The summed E-state index contributed by atoms with van der Waals surface area (Å²) < 4.78 is 10.6. The van der Waals surface area contributed by atoms with Gasteiger partial charge in [0, 0.05) is 26.6 Å². The molecule has 2 aromatic heterocycles. The van der Waals surface area contributed by atoms with Gasteiger partial charge in [0.25, 0.3) is 5.56 Å². The quantitative estimate of drug-likeness (QED) is 0.771. The molecular weight excluding hydrogens is 336 g/mol. The molecule has 6 heteroatoms. The van der Waals surface area contributed by atoms with E-state index < -0.39 is 5.56 Å². The minimum absolute atomic E-state index is 0.117. The molecule has 1 aromatic carbocycles. The number of nitrogens with one attached hydrogen (secondary N) is 1. The first-order chi connectivity index (χ1) is 12.1. The summed E-state index contributed by atoms with van der Waals surface area (Å²) in [6, 6.07) is 13.1. The second kappa shape index (κ2) is 6.83. The fraction of sp³-hybridized carbons (Fsp3) is 0.158. The van der Waals surface area contributed by atoms with Crippen molar-refractivity contribution < 1.29 is 9.47 Å². The zero-order chi connectivity index (χ0) is 18.0. The predicted molar refractivity (Wildman–Crippen MR) is 98.4 cm³/mol. The number of aromatic nitrogens is 1. The number of nitriles is 1. The van der Waals surface area contributed by atoms with E-state index in [-0.39, 0.29) is 5.56 Å². The lowest BCUT2D eigenvalue weighted by Crippen LogP contribution is -2.12. The van der Waals surface area contributed by atoms with Crippen molar-refractivity contribution >= 4 is 11.3 Å². The van der Waals surface area contributed by atoms with E-state index in [4.69, 9.17) is 9.47 Å². The Morgan fingerprint density at radius 1 is 1.08 bits per heavy atom. The third-order valence-electron chi connectivity index (χ3n) is 3.85. The molecule has 3 rings (SSSR count). The molecule has 0 amide bonds. The van der Waals surface area contributed by atoms with Crippen LogP contribution in [0.1, 0.15) is 10.4 Å². The number of benzene rings is 1. The van der Waals surface area contributed by atoms with Crippen LogP contribution in [0.4, 0.5) is 0 Å². The van der Waals surface area contributed by atoms with Crippen molar-refractivity contribution in [2.45, 2.75) is 6.92 Å². The minimum Gasteiger partial charge on any atom is -0.493 e. The molecule has 0 fully saturated rings. The van der Waals surface area contributed by atoms with Gasteiger partial charge in [0.15, 0.2) is 11.5 Å². The smallest absolute Gasteiger partial charge is 0.267 e. The molecule has 0 aliphatic rings. The summed E-state index contributed by atoms with van der Waals surface area (Å²) in [7, 11) is 3.13. The fourth-order valence-electron chi connectivity index (χ4n) is 2.60. The Morgan fingerprint density at radius 3 is 2.44 bits per heavy atom. The molecule has 25 heavy (non-hydrogen) atoms. The number of aromatic amines is 1. The van der Waals surface area contributed by atoms with Crippen LogP contribution < -0.4 is 15.0 Å². The summed E-state index contributed by atoms with van der Waals surface area (Å²) in [5.41, 5.74) is 1.73. The topological polar surface area (TPSA) is 75.1 Å². The van der Waals surface area contributed by atoms with Crippen LogP contribution in [0.15, 0.2) is 41.2 Å². The highest BCUT2D eigenvalue weighted by Gasteiger charge is 2.15. The van der Waals surface area contributed by atoms with Gasteiger partial charge in [-0.05, 0) is 43.3 Å². The number of aryl methyl sites for hydroxylation is 1. The van der Waals surface area contributed by atoms with Crippen LogP contribution in [0.3, 0.4) is 0 Å². The Balaban J connectivity index is 2.20. The maximum Gasteiger partial charge on any atom is 0.267 e. The van der Waals surface area contributed by atoms with E-state index >= 15 is 0 Å². The van der Waals surface area contributed by atoms with E-state index in [9.17, 15) is 10.1 Å². The summed E-state index contributed by atoms with van der Waals surface area (Å²) in [6.45, 7) is 1.99. The maximum atomic E-state index is 12.4. The number of pyridine rings is 1. The Bertz CT molecular complexity index is 1030. The van der Waals surface area contributed by atoms with Crippen LogP contribution in [0, 0.1) is 18.3 Å². The van der Waals surface area contributed by atoms with Gasteiger partial charge in [0.2, 0.25) is 0 Å². The van der Waals surface area contributed by atoms with E-state index in [0.717, 1.165) is 15.3 Å². The highest BCUT2D eigenvalue weighted by Crippen LogP contribution is 2.34. The molecule has 5 nitrogen and oxygen atoms in total. The van der Waals surface area contributed by atoms with E-state index in [1.807, 2.05) is 37.3 Å². The van der Waals surface area contributed by atoms with E-state index in [1.54, 1.807) is 37.7 Å². The molecular formula is C19H16N2O3S. The SMILES string of the molecule is COc1ccc(-c2cc(-c3ccc(C)s3)c(C#N)c(=O)[nH]2)cc1OC. The number of nitrogens with zero attached hydrogens (tertiary/aromatic N) is 1. The number of thiophene rings is 1. The van der Waals surface area contributed by atoms with E-state index in [1.165, 1.54) is 0 Å². The van der Waals surface area contributed by atoms with Crippen molar-refractivity contribution in [1.82, 2.24) is 4.98 Å². The Hall–Kier alpha value is -3.04. The number of H-pyrrole nitrogens is 1. The van der Waals surface area contributed by atoms with Gasteiger partial charge in [-0.3, -0.25) is 4.79 Å². The van der Waals surface area contributed by atoms with Crippen LogP contribution in [0.25, 0.3) is 21.7 Å². The summed E-state index contributed by atoms with van der Waals surface area (Å²) in [4.78, 5) is 17.2. The van der Waals surface area contributed by atoms with Crippen LogP contribution in [-0.2, 0) is 0 Å². The lowest BCUT2D eigenvalue weighted by molar-refractivity contribution is 0.355. The van der Waals surface area contributed by atoms with Gasteiger partial charge in [-0.1, -0.05) is 0 Å². The summed E-state index contributed by atoms with van der Waals surface area (Å²) in [6.07, 6.45) is 0. The first-order valence-electron chi connectivity index (χ1n) is 7.54. The van der Waals surface area contributed by atoms with Crippen molar-refractivity contribution in [1.29, 1.82) is 5.26 Å². The molecule has 0 atom stereocenters. The molecule has 0 aliphatic carbocycles. The average Bonchev–Trinajstić information content (AvgIpc) is 3.06. The zero-order valence-corrected chi connectivity index (χ0v) is 14.9. The van der Waals surface area contributed by atoms with E-state index in [0.29, 0.717) is 22.8 Å². The standard InChI is InChI=1S/C19H16N2O3S/c1-11-4-7-18(25-11)13-9-15(21-19(22)14(13)10-20)12-5-6-16(23-2)17(8-12)24-3/h4-9H,1-3H3,(H,21,22). The summed E-state index contributed by atoms with van der Waals surface area (Å²) in [5, 5.41) is 9.38. The Kier molecular flexibility index (Phi) is 4.59. The fourth-order valence-corrected chi connectivity index (χ4v) is 3.49. The minimum atomic E-state index is -0.407. The normalized spacial score (nSPS) is 10.3. The molecule has 3 aromatic rings. The van der Waals surface area contributed by atoms with Crippen LogP contribution >= 0.6 is 11.3 Å². The molecule has 2 heterocycles. The maximum absolute atomic E-state index is 12.4. The largest absolute Gasteiger partial charge is 0.493 e. The average molecular weight is 352 g/mol. The molecule has 0 radical (unpaired) electrons. The first kappa shape index (κ1) is 16.8. The predicted octanol–water partition coefficient (Wildman–Crippen LogP) is 3.97. The van der Waals surface area contributed by atoms with Crippen molar-refractivity contribution in [3.05, 3.63) is 57.2 Å². The number of rotatable bonds is 4. The van der Waals surface area contributed by atoms with Crippen LogP contribution in [0.5, 0.6) is 11.5 Å². The number of hydrogen-bond acceptors (Lipinski definition) is 5. The number of ether oxygens (including phenoxy) is 2. The van der Waals surface area contributed by atoms with Crippen LogP contribution in [0.2, 0.25) is 0 Å². The van der Waals surface area contributed by atoms with Crippen LogP contribution in [-0.4, -0.2) is 19.2 Å². The Morgan fingerprint density at radius 2 is 1.84 bits per heavy atom. The highest BCUT2D eigenvalue weighted by molar-refractivity contribution is 7.15.